The highest BCUT2D eigenvalue weighted by Crippen LogP contribution is 2.43. The van der Waals surface area contributed by atoms with E-state index < -0.39 is 0 Å². The third-order valence-corrected chi connectivity index (χ3v) is 11.0. The van der Waals surface area contributed by atoms with Crippen molar-refractivity contribution in [3.05, 3.63) is 212 Å². The van der Waals surface area contributed by atoms with Gasteiger partial charge in [-0.25, -0.2) is 0 Å². The highest BCUT2D eigenvalue weighted by molar-refractivity contribution is 6.11. The van der Waals surface area contributed by atoms with Crippen molar-refractivity contribution in [2.75, 3.05) is 4.90 Å². The van der Waals surface area contributed by atoms with Crippen molar-refractivity contribution < 1.29 is 8.83 Å². The summed E-state index contributed by atoms with van der Waals surface area (Å²) in [6.07, 6.45) is 0. The number of benzene rings is 9. The van der Waals surface area contributed by atoms with Crippen LogP contribution in [-0.4, -0.2) is 0 Å². The minimum absolute atomic E-state index is 0.872. The minimum Gasteiger partial charge on any atom is -0.456 e. The molecule has 0 radical (unpaired) electrons. The van der Waals surface area contributed by atoms with Crippen LogP contribution in [0.4, 0.5) is 17.1 Å². The largest absolute Gasteiger partial charge is 0.456 e. The first-order valence-corrected chi connectivity index (χ1v) is 19.3. The van der Waals surface area contributed by atoms with Crippen molar-refractivity contribution >= 4 is 60.9 Å². The van der Waals surface area contributed by atoms with E-state index in [-0.39, 0.29) is 0 Å². The molecule has 0 amide bonds. The van der Waals surface area contributed by atoms with Gasteiger partial charge in [-0.05, 0) is 106 Å². The van der Waals surface area contributed by atoms with E-state index in [2.05, 4.69) is 199 Å². The average Bonchev–Trinajstić information content (AvgIpc) is 3.85. The number of rotatable bonds is 7. The van der Waals surface area contributed by atoms with Gasteiger partial charge in [0, 0.05) is 44.2 Å². The molecule has 11 aromatic rings. The number of hydrogen-bond acceptors (Lipinski definition) is 3. The van der Waals surface area contributed by atoms with Gasteiger partial charge in [0.25, 0.3) is 0 Å². The molecule has 0 N–H and O–H groups in total. The molecule has 268 valence electrons. The fourth-order valence-corrected chi connectivity index (χ4v) is 8.26. The zero-order valence-corrected chi connectivity index (χ0v) is 31.0. The van der Waals surface area contributed by atoms with Crippen molar-refractivity contribution in [2.24, 2.45) is 0 Å². The fourth-order valence-electron chi connectivity index (χ4n) is 8.26. The van der Waals surface area contributed by atoms with E-state index in [9.17, 15) is 0 Å². The summed E-state index contributed by atoms with van der Waals surface area (Å²) in [6, 6.07) is 75.2. The number of nitrogens with zero attached hydrogens (tertiary/aromatic N) is 1. The zero-order valence-electron chi connectivity index (χ0n) is 31.0. The van der Waals surface area contributed by atoms with Crippen LogP contribution in [0.15, 0.2) is 221 Å². The summed E-state index contributed by atoms with van der Waals surface area (Å²) in [7, 11) is 0. The Morgan fingerprint density at radius 3 is 1.51 bits per heavy atom. The molecule has 2 heterocycles. The molecule has 0 spiro atoms. The number of hydrogen-bond donors (Lipinski definition) is 0. The Hall–Kier alpha value is -7.62. The van der Waals surface area contributed by atoms with Crippen LogP contribution in [0, 0.1) is 0 Å². The molecule has 0 aliphatic heterocycles. The molecule has 0 aliphatic carbocycles. The van der Waals surface area contributed by atoms with Crippen LogP contribution >= 0.6 is 0 Å². The van der Waals surface area contributed by atoms with Crippen LogP contribution in [0.3, 0.4) is 0 Å². The van der Waals surface area contributed by atoms with Gasteiger partial charge in [0.1, 0.15) is 22.3 Å². The predicted molar refractivity (Wildman–Crippen MR) is 237 cm³/mol. The molecule has 0 unspecified atom stereocenters. The summed E-state index contributed by atoms with van der Waals surface area (Å²) in [6.45, 7) is 0. The molecular weight excluding hydrogens is 695 g/mol. The molecule has 11 rings (SSSR count). The van der Waals surface area contributed by atoms with Gasteiger partial charge >= 0.3 is 0 Å². The maximum absolute atomic E-state index is 6.50. The van der Waals surface area contributed by atoms with Crippen molar-refractivity contribution in [3.63, 3.8) is 0 Å². The maximum atomic E-state index is 6.50. The van der Waals surface area contributed by atoms with Gasteiger partial charge in [0.05, 0.1) is 0 Å². The normalized spacial score (nSPS) is 11.5. The molecule has 57 heavy (non-hydrogen) atoms. The van der Waals surface area contributed by atoms with E-state index in [0.717, 1.165) is 94.3 Å². The second-order valence-corrected chi connectivity index (χ2v) is 14.5. The summed E-state index contributed by atoms with van der Waals surface area (Å²) in [5.74, 6) is 0. The number of furan rings is 2. The molecule has 0 saturated heterocycles. The fraction of sp³-hybridized carbons (Fsp3) is 0. The molecule has 0 atom stereocenters. The average molecular weight is 730 g/mol. The number of anilines is 3. The molecule has 3 heteroatoms. The van der Waals surface area contributed by atoms with Crippen molar-refractivity contribution in [3.8, 4) is 44.5 Å². The topological polar surface area (TPSA) is 29.5 Å². The summed E-state index contributed by atoms with van der Waals surface area (Å²) in [5.41, 5.74) is 15.9. The summed E-state index contributed by atoms with van der Waals surface area (Å²) in [5, 5.41) is 4.41. The monoisotopic (exact) mass is 729 g/mol. The Labute approximate surface area is 330 Å². The van der Waals surface area contributed by atoms with Gasteiger partial charge in [-0.3, -0.25) is 0 Å². The molecule has 0 bridgehead atoms. The van der Waals surface area contributed by atoms with Crippen LogP contribution in [0.5, 0.6) is 0 Å². The summed E-state index contributed by atoms with van der Waals surface area (Å²) in [4.78, 5) is 2.36. The summed E-state index contributed by atoms with van der Waals surface area (Å²) < 4.78 is 12.8. The lowest BCUT2D eigenvalue weighted by molar-refractivity contribution is 0.669. The number of fused-ring (bicyclic) bond motifs is 6. The van der Waals surface area contributed by atoms with E-state index in [4.69, 9.17) is 8.83 Å². The second kappa shape index (κ2) is 13.6. The Morgan fingerprint density at radius 1 is 0.263 bits per heavy atom. The SMILES string of the molecule is c1ccc(-c2cc(-c3ccccc3)cc(N(c3ccc(-c4ccc5oc6c(-c7ccccc7)cccc6c5c4)cc3)c3ccc4oc5ccccc5c4c3)c2)cc1. The van der Waals surface area contributed by atoms with Gasteiger partial charge in [0.15, 0.2) is 0 Å². The van der Waals surface area contributed by atoms with Gasteiger partial charge in [-0.2, -0.15) is 0 Å². The van der Waals surface area contributed by atoms with Crippen molar-refractivity contribution in [1.82, 2.24) is 0 Å². The first kappa shape index (κ1) is 32.8. The predicted octanol–water partition coefficient (Wildman–Crippen LogP) is 15.6. The molecule has 3 nitrogen and oxygen atoms in total. The van der Waals surface area contributed by atoms with Crippen molar-refractivity contribution in [1.29, 1.82) is 0 Å². The van der Waals surface area contributed by atoms with E-state index >= 15 is 0 Å². The van der Waals surface area contributed by atoms with Gasteiger partial charge < -0.3 is 13.7 Å². The Kier molecular flexibility index (Phi) is 7.82. The lowest BCUT2D eigenvalue weighted by Crippen LogP contribution is -2.10. The van der Waals surface area contributed by atoms with E-state index in [0.29, 0.717) is 0 Å². The Balaban J connectivity index is 1.06. The van der Waals surface area contributed by atoms with E-state index in [1.54, 1.807) is 0 Å². The zero-order chi connectivity index (χ0) is 37.7. The van der Waals surface area contributed by atoms with Gasteiger partial charge in [-0.15, -0.1) is 0 Å². The van der Waals surface area contributed by atoms with Crippen LogP contribution < -0.4 is 4.90 Å². The summed E-state index contributed by atoms with van der Waals surface area (Å²) >= 11 is 0. The smallest absolute Gasteiger partial charge is 0.143 e. The first-order valence-electron chi connectivity index (χ1n) is 19.3. The van der Waals surface area contributed by atoms with E-state index in [1.165, 1.54) is 11.1 Å². The first-order chi connectivity index (χ1) is 28.2. The highest BCUT2D eigenvalue weighted by Gasteiger charge is 2.19. The minimum atomic E-state index is 0.872. The second-order valence-electron chi connectivity index (χ2n) is 14.5. The van der Waals surface area contributed by atoms with Crippen LogP contribution in [0.1, 0.15) is 0 Å². The van der Waals surface area contributed by atoms with E-state index in [1.807, 2.05) is 18.2 Å². The van der Waals surface area contributed by atoms with Gasteiger partial charge in [0.2, 0.25) is 0 Å². The lowest BCUT2D eigenvalue weighted by atomic mass is 9.97. The number of para-hydroxylation sites is 2. The van der Waals surface area contributed by atoms with Crippen LogP contribution in [0.25, 0.3) is 88.4 Å². The third-order valence-electron chi connectivity index (χ3n) is 11.0. The van der Waals surface area contributed by atoms with Gasteiger partial charge in [-0.1, -0.05) is 146 Å². The standard InChI is InChI=1S/C54H35NO2/c1-4-13-36(14-5-1)41-31-42(37-15-6-2-7-16-37)33-45(32-41)55(44-28-30-52-50(35-44)47-19-10-11-22-51(47)56-52)43-26-23-38(24-27-43)40-25-29-53-49(34-40)48-21-12-20-46(54(48)57-53)39-17-8-3-9-18-39/h1-35H. The Bertz CT molecular complexity index is 3160. The molecule has 9 aromatic carbocycles. The molecule has 0 saturated carbocycles. The molecule has 0 aliphatic rings. The molecule has 2 aromatic heterocycles. The highest BCUT2D eigenvalue weighted by atomic mass is 16.3. The third kappa shape index (κ3) is 5.85. The van der Waals surface area contributed by atoms with Crippen molar-refractivity contribution in [2.45, 2.75) is 0 Å². The molecular formula is C54H35NO2. The lowest BCUT2D eigenvalue weighted by Gasteiger charge is -2.27. The van der Waals surface area contributed by atoms with Crippen LogP contribution in [-0.2, 0) is 0 Å². The Morgan fingerprint density at radius 2 is 0.789 bits per heavy atom. The quantitative estimate of drug-likeness (QED) is 0.164. The molecule has 0 fully saturated rings. The van der Waals surface area contributed by atoms with Crippen LogP contribution in [0.2, 0.25) is 0 Å². The maximum Gasteiger partial charge on any atom is 0.143 e.